The molecule has 0 saturated heterocycles. The van der Waals surface area contributed by atoms with E-state index in [2.05, 4.69) is 20.4 Å². The first-order valence-electron chi connectivity index (χ1n) is 8.32. The third kappa shape index (κ3) is 7.59. The van der Waals surface area contributed by atoms with Gasteiger partial charge in [-0.2, -0.15) is 0 Å². The molecule has 29 heavy (non-hydrogen) atoms. The fourth-order valence-corrected chi connectivity index (χ4v) is 2.30. The Morgan fingerprint density at radius 1 is 1.17 bits per heavy atom. The lowest BCUT2D eigenvalue weighted by Crippen LogP contribution is -2.43. The molecule has 0 aliphatic carbocycles. The maximum atomic E-state index is 12.3. The molecule has 1 aromatic carbocycles. The molecule has 156 valence electrons. The van der Waals surface area contributed by atoms with Crippen molar-refractivity contribution in [2.45, 2.75) is 19.3 Å². The van der Waals surface area contributed by atoms with Gasteiger partial charge in [-0.05, 0) is 50.4 Å². The Bertz CT molecular complexity index is 845. The topological polar surface area (TPSA) is 83.6 Å². The monoisotopic (exact) mass is 430 g/mol. The molecular weight excluding hydrogens is 413 g/mol. The highest BCUT2D eigenvalue weighted by atomic mass is 35.5. The molecule has 11 heteroatoms. The first-order chi connectivity index (χ1) is 13.5. The van der Waals surface area contributed by atoms with E-state index in [9.17, 15) is 22.8 Å². The van der Waals surface area contributed by atoms with Gasteiger partial charge in [-0.1, -0.05) is 11.6 Å². The molecule has 0 saturated carbocycles. The van der Waals surface area contributed by atoms with E-state index in [0.29, 0.717) is 16.5 Å². The number of anilines is 2. The second-order valence-electron chi connectivity index (χ2n) is 6.06. The molecule has 1 atom stereocenters. The number of likely N-dealkylation sites (N-methyl/N-ethyl adjacent to an activating group) is 1. The van der Waals surface area contributed by atoms with Crippen LogP contribution < -0.4 is 15.4 Å². The maximum absolute atomic E-state index is 12.3. The summed E-state index contributed by atoms with van der Waals surface area (Å²) in [6, 6.07) is 7.20. The number of ether oxygens (including phenoxy) is 1. The first kappa shape index (κ1) is 22.4. The standard InChI is InChI=1S/C18H18ClF3N4O3/c1-11(17(28)25-15-8-3-12(19)9-23-15)26(2)10-16(27)24-13-4-6-14(7-5-13)29-18(20,21)22/h3-9,11H,10H2,1-2H3,(H,24,27)(H,23,25,28)/t11-/m0/s1. The maximum Gasteiger partial charge on any atom is 0.573 e. The summed E-state index contributed by atoms with van der Waals surface area (Å²) >= 11 is 5.74. The summed E-state index contributed by atoms with van der Waals surface area (Å²) < 4.78 is 40.2. The zero-order valence-electron chi connectivity index (χ0n) is 15.5. The molecule has 0 bridgehead atoms. The van der Waals surface area contributed by atoms with E-state index in [0.717, 1.165) is 12.1 Å². The summed E-state index contributed by atoms with van der Waals surface area (Å²) in [5.74, 6) is -0.885. The van der Waals surface area contributed by atoms with Crippen molar-refractivity contribution < 1.29 is 27.5 Å². The highest BCUT2D eigenvalue weighted by Gasteiger charge is 2.31. The molecule has 7 nitrogen and oxygen atoms in total. The van der Waals surface area contributed by atoms with Crippen LogP contribution in [0.4, 0.5) is 24.7 Å². The molecule has 0 aliphatic rings. The number of nitrogens with one attached hydrogen (secondary N) is 2. The fraction of sp³-hybridized carbons (Fsp3) is 0.278. The molecule has 0 spiro atoms. The van der Waals surface area contributed by atoms with Crippen LogP contribution in [-0.4, -0.2) is 47.7 Å². The molecule has 2 rings (SSSR count). The lowest BCUT2D eigenvalue weighted by Gasteiger charge is -2.23. The number of pyridine rings is 1. The Balaban J connectivity index is 1.85. The van der Waals surface area contributed by atoms with Gasteiger partial charge in [0, 0.05) is 11.9 Å². The van der Waals surface area contributed by atoms with Crippen LogP contribution >= 0.6 is 11.6 Å². The van der Waals surface area contributed by atoms with Gasteiger partial charge in [-0.3, -0.25) is 14.5 Å². The number of amides is 2. The normalized spacial score (nSPS) is 12.4. The number of hydrogen-bond donors (Lipinski definition) is 2. The van der Waals surface area contributed by atoms with Crippen LogP contribution in [0.15, 0.2) is 42.6 Å². The van der Waals surface area contributed by atoms with Crippen molar-refractivity contribution in [1.82, 2.24) is 9.88 Å². The Labute approximate surface area is 169 Å². The molecule has 0 aliphatic heterocycles. The number of aromatic nitrogens is 1. The summed E-state index contributed by atoms with van der Waals surface area (Å²) in [7, 11) is 1.58. The molecular formula is C18H18ClF3N4O3. The van der Waals surface area contributed by atoms with Gasteiger partial charge in [0.1, 0.15) is 11.6 Å². The third-order valence-electron chi connectivity index (χ3n) is 3.78. The zero-order chi connectivity index (χ0) is 21.6. The number of carbonyl (C=O) groups excluding carboxylic acids is 2. The SMILES string of the molecule is C[C@@H](C(=O)Nc1ccc(Cl)cn1)N(C)CC(=O)Nc1ccc(OC(F)(F)F)cc1. The summed E-state index contributed by atoms with van der Waals surface area (Å²) in [4.78, 5) is 29.9. The summed E-state index contributed by atoms with van der Waals surface area (Å²) in [5, 5.41) is 5.58. The number of carbonyl (C=O) groups is 2. The van der Waals surface area contributed by atoms with E-state index >= 15 is 0 Å². The number of halogens is 4. The van der Waals surface area contributed by atoms with Crippen LogP contribution in [0, 0.1) is 0 Å². The van der Waals surface area contributed by atoms with Gasteiger partial charge >= 0.3 is 6.36 Å². The van der Waals surface area contributed by atoms with Crippen molar-refractivity contribution in [2.24, 2.45) is 0 Å². The minimum absolute atomic E-state index is 0.122. The van der Waals surface area contributed by atoms with Gasteiger partial charge in [-0.15, -0.1) is 13.2 Å². The van der Waals surface area contributed by atoms with Crippen LogP contribution in [0.25, 0.3) is 0 Å². The van der Waals surface area contributed by atoms with E-state index in [1.54, 1.807) is 26.1 Å². The molecule has 0 radical (unpaired) electrons. The molecule has 1 aromatic heterocycles. The number of nitrogens with zero attached hydrogens (tertiary/aromatic N) is 2. The highest BCUT2D eigenvalue weighted by molar-refractivity contribution is 6.30. The third-order valence-corrected chi connectivity index (χ3v) is 4.01. The minimum atomic E-state index is -4.79. The lowest BCUT2D eigenvalue weighted by molar-refractivity contribution is -0.274. The minimum Gasteiger partial charge on any atom is -0.406 e. The average molecular weight is 431 g/mol. The smallest absolute Gasteiger partial charge is 0.406 e. The Kier molecular flexibility index (Phi) is 7.40. The molecule has 0 fully saturated rings. The molecule has 1 heterocycles. The van der Waals surface area contributed by atoms with Gasteiger partial charge in [-0.25, -0.2) is 4.98 Å². The van der Waals surface area contributed by atoms with Crippen molar-refractivity contribution in [3.8, 4) is 5.75 Å². The van der Waals surface area contributed by atoms with Crippen molar-refractivity contribution in [1.29, 1.82) is 0 Å². The quantitative estimate of drug-likeness (QED) is 0.702. The number of benzene rings is 1. The van der Waals surface area contributed by atoms with E-state index in [-0.39, 0.29) is 12.5 Å². The predicted molar refractivity (Wildman–Crippen MR) is 102 cm³/mol. The summed E-state index contributed by atoms with van der Waals surface area (Å²) in [6.07, 6.45) is -3.39. The number of hydrogen-bond acceptors (Lipinski definition) is 5. The van der Waals surface area contributed by atoms with Crippen LogP contribution in [0.2, 0.25) is 5.02 Å². The van der Waals surface area contributed by atoms with Crippen LogP contribution in [0.1, 0.15) is 6.92 Å². The Morgan fingerprint density at radius 3 is 2.38 bits per heavy atom. The molecule has 2 amide bonds. The summed E-state index contributed by atoms with van der Waals surface area (Å²) in [5.41, 5.74) is 0.292. The van der Waals surface area contributed by atoms with Crippen molar-refractivity contribution in [3.05, 3.63) is 47.6 Å². The van der Waals surface area contributed by atoms with Crippen molar-refractivity contribution in [2.75, 3.05) is 24.2 Å². The van der Waals surface area contributed by atoms with Crippen molar-refractivity contribution >= 4 is 34.9 Å². The van der Waals surface area contributed by atoms with E-state index in [1.165, 1.54) is 23.2 Å². The molecule has 0 unspecified atom stereocenters. The Hall–Kier alpha value is -2.85. The van der Waals surface area contributed by atoms with Crippen LogP contribution in [0.3, 0.4) is 0 Å². The molecule has 2 aromatic rings. The fourth-order valence-electron chi connectivity index (χ4n) is 2.18. The van der Waals surface area contributed by atoms with Crippen LogP contribution in [0.5, 0.6) is 5.75 Å². The predicted octanol–water partition coefficient (Wildman–Crippen LogP) is 3.53. The average Bonchev–Trinajstić information content (AvgIpc) is 2.63. The van der Waals surface area contributed by atoms with Gasteiger partial charge in [0.25, 0.3) is 0 Å². The number of alkyl halides is 3. The van der Waals surface area contributed by atoms with Gasteiger partial charge in [0.15, 0.2) is 0 Å². The lowest BCUT2D eigenvalue weighted by atomic mass is 10.2. The molecule has 2 N–H and O–H groups in total. The van der Waals surface area contributed by atoms with E-state index < -0.39 is 24.1 Å². The van der Waals surface area contributed by atoms with E-state index in [4.69, 9.17) is 11.6 Å². The first-order valence-corrected chi connectivity index (χ1v) is 8.69. The van der Waals surface area contributed by atoms with Gasteiger partial charge < -0.3 is 15.4 Å². The van der Waals surface area contributed by atoms with Gasteiger partial charge in [0.2, 0.25) is 11.8 Å². The highest BCUT2D eigenvalue weighted by Crippen LogP contribution is 2.24. The van der Waals surface area contributed by atoms with Gasteiger partial charge in [0.05, 0.1) is 17.6 Å². The van der Waals surface area contributed by atoms with E-state index in [1.807, 2.05) is 0 Å². The largest absolute Gasteiger partial charge is 0.573 e. The van der Waals surface area contributed by atoms with Crippen molar-refractivity contribution in [3.63, 3.8) is 0 Å². The second kappa shape index (κ2) is 9.57. The Morgan fingerprint density at radius 2 is 1.83 bits per heavy atom. The number of rotatable bonds is 7. The van der Waals surface area contributed by atoms with Crippen LogP contribution in [-0.2, 0) is 9.59 Å². The summed E-state index contributed by atoms with van der Waals surface area (Å²) in [6.45, 7) is 1.49. The second-order valence-corrected chi connectivity index (χ2v) is 6.50. The zero-order valence-corrected chi connectivity index (χ0v) is 16.2.